The number of hydrogen-bond acceptors (Lipinski definition) is 5. The fourth-order valence-electron chi connectivity index (χ4n) is 2.56. The van der Waals surface area contributed by atoms with E-state index in [-0.39, 0.29) is 24.5 Å². The standard InChI is InChI=1S/C15H20ClN5O3S/c1-15(2,3)24-14(23)21-8-9(6-10(21)7-18-20-17)19-13(22)11-4-5-12(16)25-11/h4-5,9-10H,6-8H2,1-3H3,(H,19,22)/t9-,10+/m1/s1. The van der Waals surface area contributed by atoms with Gasteiger partial charge in [0, 0.05) is 30.1 Å². The maximum Gasteiger partial charge on any atom is 0.410 e. The molecule has 0 radical (unpaired) electrons. The van der Waals surface area contributed by atoms with Gasteiger partial charge in [0.15, 0.2) is 0 Å². The van der Waals surface area contributed by atoms with Gasteiger partial charge in [0.25, 0.3) is 5.91 Å². The maximum absolute atomic E-state index is 12.4. The fraction of sp³-hybridized carbons (Fsp3) is 0.600. The molecule has 136 valence electrons. The predicted octanol–water partition coefficient (Wildman–Crippen LogP) is 3.82. The van der Waals surface area contributed by atoms with Gasteiger partial charge in [-0.25, -0.2) is 4.79 Å². The Morgan fingerprint density at radius 1 is 1.52 bits per heavy atom. The number of nitrogens with zero attached hydrogens (tertiary/aromatic N) is 4. The number of ether oxygens (including phenoxy) is 1. The third-order valence-electron chi connectivity index (χ3n) is 3.53. The lowest BCUT2D eigenvalue weighted by atomic mass is 10.1. The summed E-state index contributed by atoms with van der Waals surface area (Å²) < 4.78 is 5.93. The van der Waals surface area contributed by atoms with E-state index in [0.717, 1.165) is 0 Å². The largest absolute Gasteiger partial charge is 0.444 e. The average molecular weight is 386 g/mol. The number of halogens is 1. The summed E-state index contributed by atoms with van der Waals surface area (Å²) >= 11 is 7.04. The van der Waals surface area contributed by atoms with E-state index in [4.69, 9.17) is 21.9 Å². The van der Waals surface area contributed by atoms with Gasteiger partial charge in [-0.05, 0) is 44.9 Å². The van der Waals surface area contributed by atoms with Gasteiger partial charge in [-0.1, -0.05) is 16.7 Å². The highest BCUT2D eigenvalue weighted by atomic mass is 35.5. The molecule has 8 nitrogen and oxygen atoms in total. The zero-order valence-electron chi connectivity index (χ0n) is 14.2. The van der Waals surface area contributed by atoms with Crippen LogP contribution in [0.2, 0.25) is 4.34 Å². The molecule has 1 aliphatic heterocycles. The van der Waals surface area contributed by atoms with Crippen molar-refractivity contribution in [1.82, 2.24) is 10.2 Å². The Morgan fingerprint density at radius 2 is 2.24 bits per heavy atom. The lowest BCUT2D eigenvalue weighted by molar-refractivity contribution is 0.0228. The Bertz CT molecular complexity index is 696. The van der Waals surface area contributed by atoms with Crippen LogP contribution in [0.5, 0.6) is 0 Å². The topological polar surface area (TPSA) is 107 Å². The Balaban J connectivity index is 2.05. The van der Waals surface area contributed by atoms with E-state index >= 15 is 0 Å². The average Bonchev–Trinajstić information content (AvgIpc) is 3.09. The monoisotopic (exact) mass is 385 g/mol. The van der Waals surface area contributed by atoms with Crippen molar-refractivity contribution in [2.75, 3.05) is 13.1 Å². The molecule has 0 bridgehead atoms. The second-order valence-corrected chi connectivity index (χ2v) is 8.42. The number of azide groups is 1. The SMILES string of the molecule is CC(C)(C)OC(=O)N1C[C@H](NC(=O)c2ccc(Cl)s2)C[C@H]1CN=[N+]=[N-]. The Kier molecular flexibility index (Phi) is 6.16. The van der Waals surface area contributed by atoms with E-state index in [1.54, 1.807) is 32.9 Å². The molecule has 10 heteroatoms. The van der Waals surface area contributed by atoms with Gasteiger partial charge >= 0.3 is 6.09 Å². The van der Waals surface area contributed by atoms with Gasteiger partial charge in [-0.15, -0.1) is 11.3 Å². The van der Waals surface area contributed by atoms with Gasteiger partial charge < -0.3 is 15.0 Å². The van der Waals surface area contributed by atoms with E-state index < -0.39 is 11.7 Å². The van der Waals surface area contributed by atoms with Crippen LogP contribution >= 0.6 is 22.9 Å². The van der Waals surface area contributed by atoms with Gasteiger partial charge in [0.05, 0.1) is 9.21 Å². The second kappa shape index (κ2) is 7.95. The van der Waals surface area contributed by atoms with Gasteiger partial charge in [-0.3, -0.25) is 4.79 Å². The van der Waals surface area contributed by atoms with E-state index in [1.165, 1.54) is 16.2 Å². The molecule has 0 aliphatic carbocycles. The summed E-state index contributed by atoms with van der Waals surface area (Å²) in [5, 5.41) is 6.45. The lowest BCUT2D eigenvalue weighted by Gasteiger charge is -2.27. The normalized spacial score (nSPS) is 20.1. The van der Waals surface area contributed by atoms with Crippen molar-refractivity contribution in [2.45, 2.75) is 44.9 Å². The van der Waals surface area contributed by atoms with Crippen molar-refractivity contribution >= 4 is 34.9 Å². The Morgan fingerprint density at radius 3 is 2.80 bits per heavy atom. The van der Waals surface area contributed by atoms with E-state index in [9.17, 15) is 9.59 Å². The van der Waals surface area contributed by atoms with Crippen molar-refractivity contribution in [2.24, 2.45) is 5.11 Å². The lowest BCUT2D eigenvalue weighted by Crippen LogP contribution is -2.42. The van der Waals surface area contributed by atoms with Crippen LogP contribution in [0.3, 0.4) is 0 Å². The summed E-state index contributed by atoms with van der Waals surface area (Å²) in [4.78, 5) is 29.4. The van der Waals surface area contributed by atoms with Crippen molar-refractivity contribution in [1.29, 1.82) is 0 Å². The number of amides is 2. The van der Waals surface area contributed by atoms with Gasteiger partial charge in [-0.2, -0.15) is 0 Å². The molecule has 1 saturated heterocycles. The predicted molar refractivity (Wildman–Crippen MR) is 95.9 cm³/mol. The third kappa shape index (κ3) is 5.52. The minimum Gasteiger partial charge on any atom is -0.444 e. The van der Waals surface area contributed by atoms with Crippen molar-refractivity contribution < 1.29 is 14.3 Å². The Hall–Kier alpha value is -1.96. The molecular weight excluding hydrogens is 366 g/mol. The summed E-state index contributed by atoms with van der Waals surface area (Å²) in [6.07, 6.45) is 0.00453. The zero-order chi connectivity index (χ0) is 18.6. The number of carbonyl (C=O) groups excluding carboxylic acids is 2. The molecule has 25 heavy (non-hydrogen) atoms. The molecule has 1 aromatic heterocycles. The molecular formula is C15H20ClN5O3S. The number of thiophene rings is 1. The highest BCUT2D eigenvalue weighted by Gasteiger charge is 2.37. The van der Waals surface area contributed by atoms with Gasteiger partial charge in [0.1, 0.15) is 5.60 Å². The molecule has 1 N–H and O–H groups in total. The summed E-state index contributed by atoms with van der Waals surface area (Å²) in [6, 6.07) is 2.75. The Labute approximate surface area is 154 Å². The summed E-state index contributed by atoms with van der Waals surface area (Å²) in [6.45, 7) is 5.77. The van der Waals surface area contributed by atoms with E-state index in [1.807, 2.05) is 0 Å². The minimum absolute atomic E-state index is 0.132. The van der Waals surface area contributed by atoms with Crippen LogP contribution in [0.15, 0.2) is 17.2 Å². The number of carbonyl (C=O) groups is 2. The van der Waals surface area contributed by atoms with Gasteiger partial charge in [0.2, 0.25) is 0 Å². The van der Waals surface area contributed by atoms with Crippen molar-refractivity contribution in [3.05, 3.63) is 31.8 Å². The number of rotatable bonds is 4. The van der Waals surface area contributed by atoms with Crippen molar-refractivity contribution in [3.63, 3.8) is 0 Å². The van der Waals surface area contributed by atoms with Crippen LogP contribution < -0.4 is 5.32 Å². The van der Waals surface area contributed by atoms with E-state index in [2.05, 4.69) is 15.3 Å². The first-order chi connectivity index (χ1) is 11.7. The first-order valence-electron chi connectivity index (χ1n) is 7.76. The number of nitrogens with one attached hydrogen (secondary N) is 1. The number of likely N-dealkylation sites (tertiary alicyclic amines) is 1. The molecule has 1 fully saturated rings. The first kappa shape index (κ1) is 19.4. The highest BCUT2D eigenvalue weighted by Crippen LogP contribution is 2.24. The quantitative estimate of drug-likeness (QED) is 0.483. The molecule has 0 unspecified atom stereocenters. The molecule has 1 aromatic rings. The molecule has 2 heterocycles. The summed E-state index contributed by atoms with van der Waals surface area (Å²) in [5.41, 5.74) is 7.91. The zero-order valence-corrected chi connectivity index (χ0v) is 15.8. The third-order valence-corrected chi connectivity index (χ3v) is 4.76. The van der Waals surface area contributed by atoms with Crippen molar-refractivity contribution in [3.8, 4) is 0 Å². The molecule has 2 amide bonds. The van der Waals surface area contributed by atoms with Crippen LogP contribution in [-0.2, 0) is 4.74 Å². The summed E-state index contributed by atoms with van der Waals surface area (Å²) in [7, 11) is 0. The molecule has 2 rings (SSSR count). The minimum atomic E-state index is -0.630. The smallest absolute Gasteiger partial charge is 0.410 e. The van der Waals surface area contributed by atoms with Crippen LogP contribution in [0.1, 0.15) is 36.9 Å². The molecule has 0 aromatic carbocycles. The van der Waals surface area contributed by atoms with Crippen LogP contribution in [0.25, 0.3) is 10.4 Å². The molecule has 2 atom stereocenters. The molecule has 0 spiro atoms. The fourth-order valence-corrected chi connectivity index (χ4v) is 3.51. The van der Waals surface area contributed by atoms with Crippen LogP contribution in [-0.4, -0.2) is 47.7 Å². The highest BCUT2D eigenvalue weighted by molar-refractivity contribution is 7.18. The van der Waals surface area contributed by atoms with Crippen LogP contribution in [0.4, 0.5) is 4.79 Å². The van der Waals surface area contributed by atoms with Crippen LogP contribution in [0, 0.1) is 0 Å². The van der Waals surface area contributed by atoms with E-state index in [0.29, 0.717) is 22.2 Å². The number of hydrogen-bond donors (Lipinski definition) is 1. The first-order valence-corrected chi connectivity index (χ1v) is 8.95. The molecule has 1 aliphatic rings. The summed E-state index contributed by atoms with van der Waals surface area (Å²) in [5.74, 6) is -0.240. The maximum atomic E-state index is 12.4. The second-order valence-electron chi connectivity index (χ2n) is 6.71. The molecule has 0 saturated carbocycles.